The average molecular weight is 794 g/mol. The normalized spacial score (nSPS) is 17.6. The minimum Gasteiger partial charge on any atom is -0.490 e. The maximum absolute atomic E-state index is 13.3. The van der Waals surface area contributed by atoms with Crippen molar-refractivity contribution >= 4 is 50.6 Å². The number of aromatic nitrogens is 3. The Morgan fingerprint density at radius 3 is 2.49 bits per heavy atom. The second kappa shape index (κ2) is 16.3. The van der Waals surface area contributed by atoms with Gasteiger partial charge in [-0.25, -0.2) is 23.1 Å². The zero-order valence-electron chi connectivity index (χ0n) is 31.2. The van der Waals surface area contributed by atoms with Crippen LogP contribution in [-0.4, -0.2) is 116 Å². The molecule has 3 aliphatic rings. The van der Waals surface area contributed by atoms with Gasteiger partial charge in [0.05, 0.1) is 47.5 Å². The fourth-order valence-electron chi connectivity index (χ4n) is 7.53. The van der Waals surface area contributed by atoms with Crippen LogP contribution >= 0.6 is 0 Å². The van der Waals surface area contributed by atoms with Gasteiger partial charge in [0.25, 0.3) is 11.8 Å². The van der Waals surface area contributed by atoms with E-state index < -0.39 is 27.9 Å². The molecule has 5 heterocycles. The summed E-state index contributed by atoms with van der Waals surface area (Å²) < 4.78 is 36.8. The Labute approximate surface area is 329 Å². The molecule has 2 saturated heterocycles. The minimum atomic E-state index is -3.66. The van der Waals surface area contributed by atoms with E-state index in [0.29, 0.717) is 49.9 Å². The Balaban J connectivity index is 0.778. The lowest BCUT2D eigenvalue weighted by Gasteiger charge is -2.36. The van der Waals surface area contributed by atoms with Crippen molar-refractivity contribution < 1.29 is 32.3 Å². The van der Waals surface area contributed by atoms with Gasteiger partial charge in [-0.3, -0.25) is 24.2 Å². The Morgan fingerprint density at radius 2 is 1.70 bits per heavy atom. The number of carbonyl (C=O) groups is 3. The van der Waals surface area contributed by atoms with Crippen LogP contribution in [0.4, 0.5) is 17.3 Å². The average Bonchev–Trinajstić information content (AvgIpc) is 3.74. The van der Waals surface area contributed by atoms with E-state index in [9.17, 15) is 22.8 Å². The molecule has 0 bridgehead atoms. The number of rotatable bonds is 14. The van der Waals surface area contributed by atoms with Crippen LogP contribution in [0, 0.1) is 0 Å². The molecule has 2 fully saturated rings. The van der Waals surface area contributed by atoms with Gasteiger partial charge in [0, 0.05) is 56.2 Å². The molecule has 2 aromatic heterocycles. The highest BCUT2D eigenvalue weighted by molar-refractivity contribution is 7.88. The van der Waals surface area contributed by atoms with E-state index in [0.717, 1.165) is 65.8 Å². The summed E-state index contributed by atoms with van der Waals surface area (Å²) in [6.45, 7) is 5.91. The molecule has 1 atom stereocenters. The third-order valence-electron chi connectivity index (χ3n) is 10.4. The van der Waals surface area contributed by atoms with Gasteiger partial charge >= 0.3 is 0 Å². The van der Waals surface area contributed by atoms with Gasteiger partial charge in [-0.15, -0.1) is 5.10 Å². The molecule has 57 heavy (non-hydrogen) atoms. The van der Waals surface area contributed by atoms with E-state index in [2.05, 4.69) is 37.6 Å². The predicted molar refractivity (Wildman–Crippen MR) is 213 cm³/mol. The van der Waals surface area contributed by atoms with Gasteiger partial charge in [-0.05, 0) is 73.0 Å². The number of primary sulfonamides is 1. The van der Waals surface area contributed by atoms with Gasteiger partial charge in [-0.2, -0.15) is 0 Å². The topological polar surface area (TPSA) is 194 Å². The molecular formula is C40H43N9O7S. The SMILES string of the molecule is NS(=O)(=O)Cc1cccc(-c2ccc3cnc(Nc4ccc(N5CCN(CCOCCOc6cccc7c6C(=O)N(C6CCCNC6=O)C7=O)CC5)cc4)nn23)c1. The van der Waals surface area contributed by atoms with E-state index in [1.807, 2.05) is 30.3 Å². The quantitative estimate of drug-likeness (QED) is 0.110. The van der Waals surface area contributed by atoms with Crippen LogP contribution in [0.25, 0.3) is 16.8 Å². The molecule has 0 radical (unpaired) electrons. The molecular weight excluding hydrogens is 751 g/mol. The van der Waals surface area contributed by atoms with Crippen LogP contribution < -0.4 is 25.4 Å². The Kier molecular flexibility index (Phi) is 10.9. The number of hydrogen-bond acceptors (Lipinski definition) is 12. The number of piperidine rings is 1. The van der Waals surface area contributed by atoms with E-state index >= 15 is 0 Å². The fraction of sp³-hybridized carbons (Fsp3) is 0.325. The van der Waals surface area contributed by atoms with Gasteiger partial charge in [0.1, 0.15) is 18.4 Å². The summed E-state index contributed by atoms with van der Waals surface area (Å²) in [5.74, 6) is -0.776. The number of fused-ring (bicyclic) bond motifs is 2. The van der Waals surface area contributed by atoms with E-state index in [-0.39, 0.29) is 29.4 Å². The highest BCUT2D eigenvalue weighted by Crippen LogP contribution is 2.33. The molecule has 3 aromatic carbocycles. The summed E-state index contributed by atoms with van der Waals surface area (Å²) in [5.41, 5.74) is 5.43. The number of benzene rings is 3. The molecule has 3 amide bonds. The molecule has 296 valence electrons. The highest BCUT2D eigenvalue weighted by atomic mass is 32.2. The number of hydrogen-bond donors (Lipinski definition) is 3. The molecule has 17 heteroatoms. The number of sulfonamides is 1. The van der Waals surface area contributed by atoms with Crippen molar-refractivity contribution in [3.8, 4) is 17.0 Å². The number of anilines is 3. The first-order valence-electron chi connectivity index (χ1n) is 18.9. The van der Waals surface area contributed by atoms with Crippen LogP contribution in [0.3, 0.4) is 0 Å². The standard InChI is InChI=1S/C40H43N9O7S/c41-57(53,54)26-27-4-1-5-28(24-27)33-14-13-31-25-43-40(45-49(31)33)44-29-9-11-30(12-10-29)47-18-16-46(17-19-47)20-21-55-22-23-56-35-8-2-6-32-36(35)39(52)48(38(32)51)34-7-3-15-42-37(34)50/h1-2,4-6,8-14,24-25,34H,3,7,15-23,26H2,(H,42,50)(H,44,45)(H2,41,53,54). The van der Waals surface area contributed by atoms with Gasteiger partial charge in [0.2, 0.25) is 21.9 Å². The summed E-state index contributed by atoms with van der Waals surface area (Å²) in [7, 11) is -3.66. The smallest absolute Gasteiger partial charge is 0.266 e. The summed E-state index contributed by atoms with van der Waals surface area (Å²) in [5, 5.41) is 16.0. The maximum atomic E-state index is 13.3. The van der Waals surface area contributed by atoms with E-state index in [4.69, 9.17) is 19.7 Å². The first-order chi connectivity index (χ1) is 27.6. The maximum Gasteiger partial charge on any atom is 0.266 e. The summed E-state index contributed by atoms with van der Waals surface area (Å²) in [6.07, 6.45) is 2.88. The van der Waals surface area contributed by atoms with Crippen molar-refractivity contribution in [3.05, 3.63) is 102 Å². The van der Waals surface area contributed by atoms with Crippen molar-refractivity contribution in [1.82, 2.24) is 29.7 Å². The molecule has 3 aliphatic heterocycles. The van der Waals surface area contributed by atoms with Crippen LogP contribution in [0.1, 0.15) is 39.1 Å². The number of ether oxygens (including phenoxy) is 2. The molecule has 0 aliphatic carbocycles. The summed E-state index contributed by atoms with van der Waals surface area (Å²) >= 11 is 0. The van der Waals surface area contributed by atoms with Crippen molar-refractivity contribution in [2.75, 3.05) is 69.3 Å². The summed E-state index contributed by atoms with van der Waals surface area (Å²) in [4.78, 5) is 49.0. The zero-order chi connectivity index (χ0) is 39.5. The number of nitrogens with two attached hydrogens (primary N) is 1. The first kappa shape index (κ1) is 38.0. The van der Waals surface area contributed by atoms with E-state index in [1.54, 1.807) is 47.1 Å². The number of piperazine rings is 1. The van der Waals surface area contributed by atoms with Crippen molar-refractivity contribution in [2.45, 2.75) is 24.6 Å². The molecule has 0 spiro atoms. The van der Waals surface area contributed by atoms with Gasteiger partial charge < -0.3 is 25.0 Å². The van der Waals surface area contributed by atoms with Crippen LogP contribution in [0.15, 0.2) is 85.1 Å². The second-order valence-corrected chi connectivity index (χ2v) is 15.8. The van der Waals surface area contributed by atoms with Crippen molar-refractivity contribution in [2.24, 2.45) is 5.14 Å². The third-order valence-corrected chi connectivity index (χ3v) is 11.1. The third kappa shape index (κ3) is 8.46. The number of nitrogens with one attached hydrogen (secondary N) is 2. The first-order valence-corrected chi connectivity index (χ1v) is 20.6. The molecule has 1 unspecified atom stereocenters. The Morgan fingerprint density at radius 1 is 0.895 bits per heavy atom. The van der Waals surface area contributed by atoms with E-state index in [1.165, 1.54) is 0 Å². The zero-order valence-corrected chi connectivity index (χ0v) is 32.0. The van der Waals surface area contributed by atoms with Gasteiger partial charge in [0.15, 0.2) is 0 Å². The molecule has 4 N–H and O–H groups in total. The number of imide groups is 1. The highest BCUT2D eigenvalue weighted by Gasteiger charge is 2.45. The lowest BCUT2D eigenvalue weighted by Crippen LogP contribution is -2.52. The predicted octanol–water partition coefficient (Wildman–Crippen LogP) is 3.02. The number of amides is 3. The van der Waals surface area contributed by atoms with Crippen molar-refractivity contribution in [3.63, 3.8) is 0 Å². The molecule has 0 saturated carbocycles. The lowest BCUT2D eigenvalue weighted by molar-refractivity contribution is -0.126. The van der Waals surface area contributed by atoms with Crippen LogP contribution in [0.5, 0.6) is 5.75 Å². The Bertz CT molecular complexity index is 2410. The fourth-order valence-corrected chi connectivity index (χ4v) is 8.17. The molecule has 8 rings (SSSR count). The van der Waals surface area contributed by atoms with Crippen LogP contribution in [-0.2, 0) is 25.3 Å². The molecule has 16 nitrogen and oxygen atoms in total. The molecule has 5 aromatic rings. The summed E-state index contributed by atoms with van der Waals surface area (Å²) in [6, 6.07) is 23.4. The minimum absolute atomic E-state index is 0.203. The van der Waals surface area contributed by atoms with Crippen LogP contribution in [0.2, 0.25) is 0 Å². The monoisotopic (exact) mass is 793 g/mol. The number of carbonyl (C=O) groups excluding carboxylic acids is 3. The lowest BCUT2D eigenvalue weighted by atomic mass is 10.1. The largest absolute Gasteiger partial charge is 0.490 e. The number of nitrogens with zero attached hydrogens (tertiary/aromatic N) is 6. The van der Waals surface area contributed by atoms with Gasteiger partial charge in [-0.1, -0.05) is 24.3 Å². The second-order valence-electron chi connectivity index (χ2n) is 14.2. The van der Waals surface area contributed by atoms with Crippen molar-refractivity contribution in [1.29, 1.82) is 0 Å². The Hall–Kier alpha value is -5.88.